The van der Waals surface area contributed by atoms with Gasteiger partial charge in [-0.1, -0.05) is 152 Å². The van der Waals surface area contributed by atoms with E-state index < -0.39 is 0 Å². The van der Waals surface area contributed by atoms with Crippen LogP contribution in [0.15, 0.2) is 185 Å². The molecule has 0 atom stereocenters. The lowest BCUT2D eigenvalue weighted by Gasteiger charge is -2.11. The van der Waals surface area contributed by atoms with Gasteiger partial charge in [-0.2, -0.15) is 0 Å². The van der Waals surface area contributed by atoms with Gasteiger partial charge in [-0.25, -0.2) is 15.0 Å². The third-order valence-electron chi connectivity index (χ3n) is 10.4. The quantitative estimate of drug-likeness (QED) is 0.180. The maximum Gasteiger partial charge on any atom is 0.164 e. The van der Waals surface area contributed by atoms with E-state index >= 15 is 0 Å². The molecule has 3 heterocycles. The van der Waals surface area contributed by atoms with E-state index in [-0.39, 0.29) is 0 Å². The van der Waals surface area contributed by atoms with E-state index in [1.807, 2.05) is 78.9 Å². The highest BCUT2D eigenvalue weighted by Crippen LogP contribution is 2.43. The molecule has 54 heavy (non-hydrogen) atoms. The lowest BCUT2D eigenvalue weighted by molar-refractivity contribution is 0.669. The Morgan fingerprint density at radius 2 is 0.796 bits per heavy atom. The first-order valence-corrected chi connectivity index (χ1v) is 18.0. The summed E-state index contributed by atoms with van der Waals surface area (Å²) in [5, 5.41) is 6.15. The van der Waals surface area contributed by atoms with Crippen molar-refractivity contribution in [1.82, 2.24) is 15.0 Å². The molecule has 0 radical (unpaired) electrons. The van der Waals surface area contributed by atoms with E-state index in [0.717, 1.165) is 82.5 Å². The van der Waals surface area contributed by atoms with E-state index in [4.69, 9.17) is 23.8 Å². The highest BCUT2D eigenvalue weighted by atomic mass is 16.3. The van der Waals surface area contributed by atoms with Crippen molar-refractivity contribution in [2.24, 2.45) is 0 Å². The van der Waals surface area contributed by atoms with Crippen LogP contribution in [0.4, 0.5) is 0 Å². The van der Waals surface area contributed by atoms with Crippen LogP contribution >= 0.6 is 0 Å². The molecule has 0 bridgehead atoms. The molecule has 0 fully saturated rings. The monoisotopic (exact) mass is 691 g/mol. The van der Waals surface area contributed by atoms with Gasteiger partial charge in [-0.05, 0) is 51.9 Å². The van der Waals surface area contributed by atoms with Crippen LogP contribution in [0.2, 0.25) is 0 Å². The zero-order valence-corrected chi connectivity index (χ0v) is 28.9. The minimum absolute atomic E-state index is 0.568. The number of hydrogen-bond donors (Lipinski definition) is 0. The maximum atomic E-state index is 6.74. The van der Waals surface area contributed by atoms with Gasteiger partial charge >= 0.3 is 0 Å². The molecule has 0 aliphatic carbocycles. The molecule has 5 heteroatoms. The van der Waals surface area contributed by atoms with Gasteiger partial charge in [0.15, 0.2) is 17.5 Å². The van der Waals surface area contributed by atoms with Crippen LogP contribution in [-0.4, -0.2) is 15.0 Å². The zero-order chi connectivity index (χ0) is 35.6. The van der Waals surface area contributed by atoms with E-state index in [9.17, 15) is 0 Å². The van der Waals surface area contributed by atoms with Crippen molar-refractivity contribution in [2.45, 2.75) is 0 Å². The Morgan fingerprint density at radius 1 is 0.296 bits per heavy atom. The normalized spacial score (nSPS) is 11.7. The molecule has 252 valence electrons. The van der Waals surface area contributed by atoms with Crippen LogP contribution in [0.3, 0.4) is 0 Å². The lowest BCUT2D eigenvalue weighted by atomic mass is 9.93. The molecule has 3 aromatic heterocycles. The van der Waals surface area contributed by atoms with Crippen molar-refractivity contribution in [1.29, 1.82) is 0 Å². The van der Waals surface area contributed by atoms with Crippen LogP contribution in [0.5, 0.6) is 0 Å². The number of furan rings is 2. The summed E-state index contributed by atoms with van der Waals surface area (Å²) in [7, 11) is 0. The van der Waals surface area contributed by atoms with Crippen molar-refractivity contribution >= 4 is 54.6 Å². The number of fused-ring (bicyclic) bond motifs is 8. The Bertz CT molecular complexity index is 3200. The first-order valence-electron chi connectivity index (χ1n) is 18.0. The number of rotatable bonds is 5. The number of hydrogen-bond acceptors (Lipinski definition) is 5. The standard InChI is InChI=1S/C49H29N3O2/c1-3-13-30(14-4-1)31-25-27-32(28-26-31)39-29-40-45-38(21-12-24-43(45)54-46(40)35-18-8-7-17-34(35)39)49-51-47(33-15-5-2-6-16-33)50-48(52-49)37-20-11-23-42-44(37)36-19-9-10-22-41(36)53-42/h1-29H. The van der Waals surface area contributed by atoms with Gasteiger partial charge in [-0.15, -0.1) is 0 Å². The summed E-state index contributed by atoms with van der Waals surface area (Å²) in [6.45, 7) is 0. The molecule has 0 amide bonds. The van der Waals surface area contributed by atoms with Crippen LogP contribution < -0.4 is 0 Å². The van der Waals surface area contributed by atoms with Crippen LogP contribution in [0.1, 0.15) is 0 Å². The summed E-state index contributed by atoms with van der Waals surface area (Å²) in [6, 6.07) is 60.4. The van der Waals surface area contributed by atoms with Crippen LogP contribution in [-0.2, 0) is 0 Å². The third kappa shape index (κ3) is 4.83. The summed E-state index contributed by atoms with van der Waals surface area (Å²) in [5.41, 5.74) is 10.5. The predicted octanol–water partition coefficient (Wildman–Crippen LogP) is 13.2. The van der Waals surface area contributed by atoms with E-state index in [2.05, 4.69) is 97.1 Å². The molecule has 8 aromatic carbocycles. The highest BCUT2D eigenvalue weighted by Gasteiger charge is 2.22. The maximum absolute atomic E-state index is 6.74. The average Bonchev–Trinajstić information content (AvgIpc) is 3.83. The van der Waals surface area contributed by atoms with Gasteiger partial charge in [0.05, 0.1) is 0 Å². The summed E-state index contributed by atoms with van der Waals surface area (Å²) in [6.07, 6.45) is 0. The van der Waals surface area contributed by atoms with Gasteiger partial charge in [0, 0.05) is 43.6 Å². The number of aromatic nitrogens is 3. The molecule has 0 N–H and O–H groups in total. The highest BCUT2D eigenvalue weighted by molar-refractivity contribution is 6.22. The van der Waals surface area contributed by atoms with Gasteiger partial charge < -0.3 is 8.83 Å². The summed E-state index contributed by atoms with van der Waals surface area (Å²) >= 11 is 0. The Hall–Kier alpha value is -7.37. The Kier molecular flexibility index (Phi) is 6.79. The molecule has 0 saturated heterocycles. The predicted molar refractivity (Wildman–Crippen MR) is 219 cm³/mol. The van der Waals surface area contributed by atoms with Gasteiger partial charge in [0.25, 0.3) is 0 Å². The van der Waals surface area contributed by atoms with Gasteiger partial charge in [-0.3, -0.25) is 0 Å². The number of nitrogens with zero attached hydrogens (tertiary/aromatic N) is 3. The number of benzene rings is 8. The van der Waals surface area contributed by atoms with E-state index in [1.165, 1.54) is 11.1 Å². The minimum Gasteiger partial charge on any atom is -0.456 e. The molecule has 11 rings (SSSR count). The largest absolute Gasteiger partial charge is 0.456 e. The zero-order valence-electron chi connectivity index (χ0n) is 28.9. The first kappa shape index (κ1) is 30.3. The van der Waals surface area contributed by atoms with Crippen molar-refractivity contribution in [3.8, 4) is 56.4 Å². The molecule has 0 spiro atoms. The van der Waals surface area contributed by atoms with Crippen LogP contribution in [0, 0.1) is 0 Å². The summed E-state index contributed by atoms with van der Waals surface area (Å²) < 4.78 is 13.0. The molecule has 11 aromatic rings. The van der Waals surface area contributed by atoms with Crippen molar-refractivity contribution in [3.05, 3.63) is 176 Å². The molecular weight excluding hydrogens is 663 g/mol. The molecular formula is C49H29N3O2. The second-order valence-corrected chi connectivity index (χ2v) is 13.5. The summed E-state index contributed by atoms with van der Waals surface area (Å²) in [4.78, 5) is 15.5. The Labute approximate surface area is 309 Å². The van der Waals surface area contributed by atoms with Crippen molar-refractivity contribution in [3.63, 3.8) is 0 Å². The Morgan fingerprint density at radius 3 is 1.50 bits per heavy atom. The lowest BCUT2D eigenvalue weighted by Crippen LogP contribution is -2.00. The number of para-hydroxylation sites is 1. The van der Waals surface area contributed by atoms with Crippen LogP contribution in [0.25, 0.3) is 111 Å². The fourth-order valence-corrected chi connectivity index (χ4v) is 7.84. The van der Waals surface area contributed by atoms with Crippen molar-refractivity contribution in [2.75, 3.05) is 0 Å². The fourth-order valence-electron chi connectivity index (χ4n) is 7.84. The first-order chi connectivity index (χ1) is 26.8. The fraction of sp³-hybridized carbons (Fsp3) is 0. The Balaban J connectivity index is 1.16. The van der Waals surface area contributed by atoms with Crippen molar-refractivity contribution < 1.29 is 8.83 Å². The third-order valence-corrected chi connectivity index (χ3v) is 10.4. The topological polar surface area (TPSA) is 65.0 Å². The second-order valence-electron chi connectivity index (χ2n) is 13.5. The van der Waals surface area contributed by atoms with Gasteiger partial charge in [0.1, 0.15) is 22.3 Å². The van der Waals surface area contributed by atoms with Gasteiger partial charge in [0.2, 0.25) is 0 Å². The molecule has 0 aliphatic heterocycles. The van der Waals surface area contributed by atoms with E-state index in [0.29, 0.717) is 17.5 Å². The molecule has 0 unspecified atom stereocenters. The minimum atomic E-state index is 0.568. The van der Waals surface area contributed by atoms with E-state index in [1.54, 1.807) is 0 Å². The molecule has 5 nitrogen and oxygen atoms in total. The smallest absolute Gasteiger partial charge is 0.164 e. The molecule has 0 aliphatic rings. The molecule has 0 saturated carbocycles. The SMILES string of the molecule is c1ccc(-c2ccc(-c3cc4c(oc5cccc(-c6nc(-c7ccccc7)nc(-c7cccc8oc9ccccc9c78)n6)c54)c4ccccc34)cc2)cc1. The summed E-state index contributed by atoms with van der Waals surface area (Å²) in [5.74, 6) is 1.74. The second kappa shape index (κ2) is 12.1. The average molecular weight is 692 g/mol.